The van der Waals surface area contributed by atoms with Crippen LogP contribution in [0.15, 0.2) is 18.2 Å². The molecule has 0 bridgehead atoms. The first-order valence-corrected chi connectivity index (χ1v) is 5.25. The summed E-state index contributed by atoms with van der Waals surface area (Å²) in [5, 5.41) is 9.72. The number of aliphatic hydroxyl groups excluding tert-OH is 1. The second-order valence-corrected chi connectivity index (χ2v) is 3.41. The maximum absolute atomic E-state index is 13.4. The van der Waals surface area contributed by atoms with Crippen molar-refractivity contribution < 1.29 is 23.8 Å². The van der Waals surface area contributed by atoms with Crippen LogP contribution in [0.2, 0.25) is 0 Å². The molecule has 1 rings (SSSR count). The number of rotatable bonds is 5. The molecule has 17 heavy (non-hydrogen) atoms. The van der Waals surface area contributed by atoms with E-state index in [4.69, 9.17) is 4.74 Å². The predicted octanol–water partition coefficient (Wildman–Crippen LogP) is 1.82. The van der Waals surface area contributed by atoms with Crippen LogP contribution in [0.5, 0.6) is 5.75 Å². The zero-order valence-corrected chi connectivity index (χ0v) is 9.77. The Kier molecular flexibility index (Phi) is 4.90. The van der Waals surface area contributed by atoms with Gasteiger partial charge in [0.05, 0.1) is 26.2 Å². The van der Waals surface area contributed by atoms with Crippen LogP contribution in [0.1, 0.15) is 25.0 Å². The molecule has 0 saturated carbocycles. The zero-order chi connectivity index (χ0) is 12.8. The third-order valence-corrected chi connectivity index (χ3v) is 2.23. The number of benzene rings is 1. The van der Waals surface area contributed by atoms with Gasteiger partial charge in [0.25, 0.3) is 0 Å². The first-order valence-electron chi connectivity index (χ1n) is 5.25. The van der Waals surface area contributed by atoms with E-state index in [-0.39, 0.29) is 18.6 Å². The molecule has 0 radical (unpaired) electrons. The summed E-state index contributed by atoms with van der Waals surface area (Å²) in [6.45, 7) is 1.89. The average molecular weight is 242 g/mol. The van der Waals surface area contributed by atoms with E-state index in [9.17, 15) is 14.3 Å². The Morgan fingerprint density at radius 1 is 1.53 bits per heavy atom. The molecular weight excluding hydrogens is 227 g/mol. The van der Waals surface area contributed by atoms with Crippen LogP contribution in [-0.2, 0) is 9.53 Å². The highest BCUT2D eigenvalue weighted by Crippen LogP contribution is 2.24. The number of hydrogen-bond donors (Lipinski definition) is 1. The molecule has 0 heterocycles. The minimum absolute atomic E-state index is 0.0254. The number of hydrogen-bond acceptors (Lipinski definition) is 4. The van der Waals surface area contributed by atoms with Crippen molar-refractivity contribution in [2.24, 2.45) is 0 Å². The van der Waals surface area contributed by atoms with Gasteiger partial charge in [-0.05, 0) is 25.1 Å². The number of esters is 1. The SMILES string of the molecule is CCOC(=O)CC(O)c1cc(OC)ccc1F. The van der Waals surface area contributed by atoms with Gasteiger partial charge in [-0.1, -0.05) is 0 Å². The van der Waals surface area contributed by atoms with Gasteiger partial charge in [-0.25, -0.2) is 4.39 Å². The van der Waals surface area contributed by atoms with E-state index in [1.54, 1.807) is 6.92 Å². The Morgan fingerprint density at radius 2 is 2.24 bits per heavy atom. The zero-order valence-electron chi connectivity index (χ0n) is 9.77. The average Bonchev–Trinajstić information content (AvgIpc) is 2.29. The van der Waals surface area contributed by atoms with E-state index in [2.05, 4.69) is 4.74 Å². The number of aliphatic hydroxyl groups is 1. The summed E-state index contributed by atoms with van der Waals surface area (Å²) in [6, 6.07) is 3.98. The van der Waals surface area contributed by atoms with Crippen LogP contribution in [-0.4, -0.2) is 24.8 Å². The Balaban J connectivity index is 2.80. The molecule has 1 aromatic carbocycles. The van der Waals surface area contributed by atoms with Crippen LogP contribution in [0.3, 0.4) is 0 Å². The quantitative estimate of drug-likeness (QED) is 0.800. The van der Waals surface area contributed by atoms with Gasteiger partial charge in [-0.3, -0.25) is 4.79 Å². The lowest BCUT2D eigenvalue weighted by molar-refractivity contribution is -0.145. The smallest absolute Gasteiger partial charge is 0.308 e. The molecule has 0 aliphatic carbocycles. The molecule has 1 atom stereocenters. The third-order valence-electron chi connectivity index (χ3n) is 2.23. The van der Waals surface area contributed by atoms with Crippen molar-refractivity contribution in [1.82, 2.24) is 0 Å². The van der Waals surface area contributed by atoms with Crippen molar-refractivity contribution in [3.63, 3.8) is 0 Å². The van der Waals surface area contributed by atoms with Gasteiger partial charge in [0, 0.05) is 5.56 Å². The summed E-state index contributed by atoms with van der Waals surface area (Å²) in [5.74, 6) is -0.728. The van der Waals surface area contributed by atoms with Gasteiger partial charge >= 0.3 is 5.97 Å². The fourth-order valence-corrected chi connectivity index (χ4v) is 1.39. The van der Waals surface area contributed by atoms with E-state index in [1.165, 1.54) is 25.3 Å². The lowest BCUT2D eigenvalue weighted by Gasteiger charge is -2.12. The van der Waals surface area contributed by atoms with E-state index in [1.807, 2.05) is 0 Å². The number of halogens is 1. The first kappa shape index (κ1) is 13.4. The molecule has 0 aromatic heterocycles. The Morgan fingerprint density at radius 3 is 2.82 bits per heavy atom. The van der Waals surface area contributed by atoms with Crippen LogP contribution >= 0.6 is 0 Å². The van der Waals surface area contributed by atoms with Crippen LogP contribution in [0.4, 0.5) is 4.39 Å². The number of carbonyl (C=O) groups is 1. The molecule has 4 nitrogen and oxygen atoms in total. The highest BCUT2D eigenvalue weighted by atomic mass is 19.1. The molecule has 0 fully saturated rings. The minimum atomic E-state index is -1.23. The second-order valence-electron chi connectivity index (χ2n) is 3.41. The fraction of sp³-hybridized carbons (Fsp3) is 0.417. The summed E-state index contributed by atoms with van der Waals surface area (Å²) < 4.78 is 23.0. The molecule has 0 aliphatic heterocycles. The largest absolute Gasteiger partial charge is 0.497 e. The van der Waals surface area contributed by atoms with Gasteiger partial charge in [-0.2, -0.15) is 0 Å². The minimum Gasteiger partial charge on any atom is -0.497 e. The Labute approximate surface area is 99.0 Å². The fourth-order valence-electron chi connectivity index (χ4n) is 1.39. The summed E-state index contributed by atoms with van der Waals surface area (Å²) >= 11 is 0. The van der Waals surface area contributed by atoms with Crippen LogP contribution < -0.4 is 4.74 Å². The maximum Gasteiger partial charge on any atom is 0.308 e. The molecular formula is C12H15FO4. The van der Waals surface area contributed by atoms with Gasteiger partial charge < -0.3 is 14.6 Å². The van der Waals surface area contributed by atoms with Crippen molar-refractivity contribution in [2.45, 2.75) is 19.4 Å². The van der Waals surface area contributed by atoms with E-state index in [0.29, 0.717) is 5.75 Å². The van der Waals surface area contributed by atoms with Crippen molar-refractivity contribution in [2.75, 3.05) is 13.7 Å². The Hall–Kier alpha value is -1.62. The highest BCUT2D eigenvalue weighted by Gasteiger charge is 2.18. The standard InChI is InChI=1S/C12H15FO4/c1-3-17-12(15)7-11(14)9-6-8(16-2)4-5-10(9)13/h4-6,11,14H,3,7H2,1-2H3. The number of methoxy groups -OCH3 is 1. The summed E-state index contributed by atoms with van der Waals surface area (Å²) in [5.41, 5.74) is 0.0254. The molecule has 1 aromatic rings. The van der Waals surface area contributed by atoms with E-state index >= 15 is 0 Å². The molecule has 1 unspecified atom stereocenters. The van der Waals surface area contributed by atoms with Gasteiger partial charge in [-0.15, -0.1) is 0 Å². The summed E-state index contributed by atoms with van der Waals surface area (Å²) in [7, 11) is 1.44. The van der Waals surface area contributed by atoms with Crippen molar-refractivity contribution in [1.29, 1.82) is 0 Å². The highest BCUT2D eigenvalue weighted by molar-refractivity contribution is 5.70. The van der Waals surface area contributed by atoms with Crippen LogP contribution in [0, 0.1) is 5.82 Å². The van der Waals surface area contributed by atoms with Crippen molar-refractivity contribution in [3.8, 4) is 5.75 Å². The third kappa shape index (κ3) is 3.71. The van der Waals surface area contributed by atoms with Gasteiger partial charge in [0.1, 0.15) is 11.6 Å². The second kappa shape index (κ2) is 6.20. The molecule has 0 amide bonds. The molecule has 0 spiro atoms. The van der Waals surface area contributed by atoms with Crippen molar-refractivity contribution >= 4 is 5.97 Å². The lowest BCUT2D eigenvalue weighted by Crippen LogP contribution is -2.11. The van der Waals surface area contributed by atoms with Gasteiger partial charge in [0.2, 0.25) is 0 Å². The summed E-state index contributed by atoms with van der Waals surface area (Å²) in [6.07, 6.45) is -1.51. The van der Waals surface area contributed by atoms with E-state index < -0.39 is 17.9 Å². The number of ether oxygens (including phenoxy) is 2. The van der Waals surface area contributed by atoms with Crippen molar-refractivity contribution in [3.05, 3.63) is 29.6 Å². The Bertz CT molecular complexity index is 392. The molecule has 94 valence electrons. The number of carbonyl (C=O) groups excluding carboxylic acids is 1. The van der Waals surface area contributed by atoms with Gasteiger partial charge in [0.15, 0.2) is 0 Å². The maximum atomic E-state index is 13.4. The predicted molar refractivity (Wildman–Crippen MR) is 59.2 cm³/mol. The molecule has 5 heteroatoms. The monoisotopic (exact) mass is 242 g/mol. The lowest BCUT2D eigenvalue weighted by atomic mass is 10.1. The first-order chi connectivity index (χ1) is 8.08. The molecule has 0 saturated heterocycles. The topological polar surface area (TPSA) is 55.8 Å². The molecule has 1 N–H and O–H groups in total. The molecule has 0 aliphatic rings. The summed E-state index contributed by atoms with van der Waals surface area (Å²) in [4.78, 5) is 11.2. The van der Waals surface area contributed by atoms with Crippen LogP contribution in [0.25, 0.3) is 0 Å². The van der Waals surface area contributed by atoms with E-state index in [0.717, 1.165) is 0 Å². The normalized spacial score (nSPS) is 12.0.